The van der Waals surface area contributed by atoms with E-state index in [9.17, 15) is 4.79 Å². The van der Waals surface area contributed by atoms with Gasteiger partial charge >= 0.3 is 0 Å². The summed E-state index contributed by atoms with van der Waals surface area (Å²) in [6.45, 7) is 10.1. The van der Waals surface area contributed by atoms with E-state index in [4.69, 9.17) is 4.98 Å². The number of hydrogen-bond acceptors (Lipinski definition) is 7. The lowest BCUT2D eigenvalue weighted by Gasteiger charge is -2.18. The fourth-order valence-corrected chi connectivity index (χ4v) is 5.44. The van der Waals surface area contributed by atoms with E-state index in [1.807, 2.05) is 65.0 Å². The number of fused-ring (bicyclic) bond motifs is 1. The topological polar surface area (TPSA) is 78.5 Å². The number of hydrogen-bond donors (Lipinski definition) is 0. The SMILES string of the molecule is Cc1sc2nc(S[C@H](C)c3nnnn3-c3ccccc3)n(C(C)C)c(=O)c2c1C. The lowest BCUT2D eigenvalue weighted by atomic mass is 10.2. The third-order valence-electron chi connectivity index (χ3n) is 4.86. The summed E-state index contributed by atoms with van der Waals surface area (Å²) in [5.74, 6) is 0.712. The minimum Gasteiger partial charge on any atom is -0.284 e. The summed E-state index contributed by atoms with van der Waals surface area (Å²) >= 11 is 3.07. The third kappa shape index (κ3) is 3.49. The number of rotatable bonds is 5. The summed E-state index contributed by atoms with van der Waals surface area (Å²) in [5, 5.41) is 13.6. The van der Waals surface area contributed by atoms with Crippen LogP contribution in [-0.4, -0.2) is 29.8 Å². The van der Waals surface area contributed by atoms with E-state index in [0.29, 0.717) is 11.0 Å². The third-order valence-corrected chi connectivity index (χ3v) is 7.02. The van der Waals surface area contributed by atoms with Crippen molar-refractivity contribution >= 4 is 33.3 Å². The zero-order chi connectivity index (χ0) is 20.7. The molecule has 3 heterocycles. The predicted octanol–water partition coefficient (Wildman–Crippen LogP) is 4.48. The molecule has 1 aromatic carbocycles. The van der Waals surface area contributed by atoms with Crippen LogP contribution in [0.25, 0.3) is 15.9 Å². The Morgan fingerprint density at radius 1 is 1.10 bits per heavy atom. The van der Waals surface area contributed by atoms with Gasteiger partial charge < -0.3 is 0 Å². The maximum atomic E-state index is 13.3. The lowest BCUT2D eigenvalue weighted by Crippen LogP contribution is -2.25. The van der Waals surface area contributed by atoms with Gasteiger partial charge in [-0.25, -0.2) is 4.98 Å². The molecular formula is C20H22N6OS2. The van der Waals surface area contributed by atoms with Gasteiger partial charge in [0.25, 0.3) is 5.56 Å². The van der Waals surface area contributed by atoms with Crippen LogP contribution in [0.2, 0.25) is 0 Å². The van der Waals surface area contributed by atoms with Gasteiger partial charge in [-0.05, 0) is 62.7 Å². The largest absolute Gasteiger partial charge is 0.284 e. The Bertz CT molecular complexity index is 1230. The van der Waals surface area contributed by atoms with Crippen LogP contribution in [0.4, 0.5) is 0 Å². The lowest BCUT2D eigenvalue weighted by molar-refractivity contribution is 0.518. The first-order chi connectivity index (χ1) is 13.9. The van der Waals surface area contributed by atoms with Crippen LogP contribution in [0.3, 0.4) is 0 Å². The van der Waals surface area contributed by atoms with E-state index >= 15 is 0 Å². The fourth-order valence-electron chi connectivity index (χ4n) is 3.24. The average Bonchev–Trinajstić information content (AvgIpc) is 3.27. The first-order valence-corrected chi connectivity index (χ1v) is 11.1. The van der Waals surface area contributed by atoms with Crippen LogP contribution in [0.1, 0.15) is 48.3 Å². The van der Waals surface area contributed by atoms with Gasteiger partial charge in [-0.15, -0.1) is 16.4 Å². The van der Waals surface area contributed by atoms with Gasteiger partial charge in [-0.1, -0.05) is 30.0 Å². The molecule has 0 amide bonds. The first kappa shape index (κ1) is 19.8. The molecule has 3 aromatic heterocycles. The summed E-state index contributed by atoms with van der Waals surface area (Å²) in [4.78, 5) is 20.0. The first-order valence-electron chi connectivity index (χ1n) is 9.41. The number of aromatic nitrogens is 6. The maximum Gasteiger partial charge on any atom is 0.263 e. The van der Waals surface area contributed by atoms with Gasteiger partial charge in [0.2, 0.25) is 0 Å². The number of thiophene rings is 1. The smallest absolute Gasteiger partial charge is 0.263 e. The second-order valence-electron chi connectivity index (χ2n) is 7.17. The number of para-hydroxylation sites is 1. The van der Waals surface area contributed by atoms with Crippen LogP contribution in [0.15, 0.2) is 40.3 Å². The van der Waals surface area contributed by atoms with Crippen molar-refractivity contribution in [2.75, 3.05) is 0 Å². The summed E-state index contributed by atoms with van der Waals surface area (Å²) in [7, 11) is 0. The van der Waals surface area contributed by atoms with Crippen molar-refractivity contribution < 1.29 is 0 Å². The molecule has 150 valence electrons. The minimum absolute atomic E-state index is 0.00109. The molecule has 0 unspecified atom stereocenters. The van der Waals surface area contributed by atoms with Gasteiger partial charge in [-0.3, -0.25) is 9.36 Å². The predicted molar refractivity (Wildman–Crippen MR) is 117 cm³/mol. The van der Waals surface area contributed by atoms with E-state index < -0.39 is 0 Å². The molecule has 1 atom stereocenters. The monoisotopic (exact) mass is 426 g/mol. The van der Waals surface area contributed by atoms with E-state index in [1.54, 1.807) is 20.6 Å². The Hall–Kier alpha value is -2.52. The van der Waals surface area contributed by atoms with Crippen molar-refractivity contribution in [1.82, 2.24) is 29.8 Å². The van der Waals surface area contributed by atoms with Crippen LogP contribution in [0, 0.1) is 13.8 Å². The highest BCUT2D eigenvalue weighted by Crippen LogP contribution is 2.36. The van der Waals surface area contributed by atoms with Crippen molar-refractivity contribution in [1.29, 1.82) is 0 Å². The molecule has 0 aliphatic carbocycles. The molecule has 0 saturated heterocycles. The minimum atomic E-state index is -0.0956. The molecule has 29 heavy (non-hydrogen) atoms. The van der Waals surface area contributed by atoms with E-state index in [-0.39, 0.29) is 16.9 Å². The maximum absolute atomic E-state index is 13.3. The highest BCUT2D eigenvalue weighted by molar-refractivity contribution is 7.99. The number of aryl methyl sites for hydroxylation is 2. The van der Waals surface area contributed by atoms with Crippen molar-refractivity contribution in [3.8, 4) is 5.69 Å². The van der Waals surface area contributed by atoms with Crippen LogP contribution < -0.4 is 5.56 Å². The van der Waals surface area contributed by atoms with Gasteiger partial charge in [0, 0.05) is 10.9 Å². The Kier molecular flexibility index (Phi) is 5.26. The molecule has 4 rings (SSSR count). The number of nitrogens with zero attached hydrogens (tertiary/aromatic N) is 6. The average molecular weight is 427 g/mol. The summed E-state index contributed by atoms with van der Waals surface area (Å²) in [6.07, 6.45) is 0. The second-order valence-corrected chi connectivity index (χ2v) is 9.68. The highest BCUT2D eigenvalue weighted by Gasteiger charge is 2.23. The van der Waals surface area contributed by atoms with Crippen molar-refractivity contribution in [3.05, 3.63) is 57.0 Å². The molecule has 0 radical (unpaired) electrons. The molecule has 0 spiro atoms. The van der Waals surface area contributed by atoms with E-state index in [2.05, 4.69) is 15.5 Å². The molecule has 7 nitrogen and oxygen atoms in total. The van der Waals surface area contributed by atoms with Crippen molar-refractivity contribution in [2.24, 2.45) is 0 Å². The van der Waals surface area contributed by atoms with Gasteiger partial charge in [0.1, 0.15) is 4.83 Å². The van der Waals surface area contributed by atoms with Gasteiger partial charge in [0.15, 0.2) is 11.0 Å². The fraction of sp³-hybridized carbons (Fsp3) is 0.350. The van der Waals surface area contributed by atoms with Crippen molar-refractivity contribution in [2.45, 2.75) is 51.1 Å². The second kappa shape index (κ2) is 7.72. The molecule has 4 aromatic rings. The molecule has 0 saturated carbocycles. The van der Waals surface area contributed by atoms with E-state index in [0.717, 1.165) is 26.3 Å². The molecule has 0 bridgehead atoms. The molecule has 9 heteroatoms. The zero-order valence-corrected chi connectivity index (χ0v) is 18.6. The molecule has 0 aliphatic rings. The van der Waals surface area contributed by atoms with Crippen LogP contribution >= 0.6 is 23.1 Å². The number of tetrazole rings is 1. The number of benzene rings is 1. The highest BCUT2D eigenvalue weighted by atomic mass is 32.2. The Morgan fingerprint density at radius 3 is 2.52 bits per heavy atom. The zero-order valence-electron chi connectivity index (χ0n) is 16.9. The Labute approximate surface area is 176 Å². The Morgan fingerprint density at radius 2 is 1.83 bits per heavy atom. The van der Waals surface area contributed by atoms with Gasteiger partial charge in [-0.2, -0.15) is 4.68 Å². The molecule has 0 fully saturated rings. The van der Waals surface area contributed by atoms with Crippen LogP contribution in [0.5, 0.6) is 0 Å². The molecular weight excluding hydrogens is 404 g/mol. The summed E-state index contributed by atoms with van der Waals surface area (Å²) in [6, 6.07) is 9.78. The van der Waals surface area contributed by atoms with Crippen LogP contribution in [-0.2, 0) is 0 Å². The van der Waals surface area contributed by atoms with Gasteiger partial charge in [0.05, 0.1) is 16.3 Å². The summed E-state index contributed by atoms with van der Waals surface area (Å²) in [5.41, 5.74) is 1.94. The molecule has 0 N–H and O–H groups in total. The Balaban J connectivity index is 1.78. The number of thioether (sulfide) groups is 1. The molecule has 0 aliphatic heterocycles. The van der Waals surface area contributed by atoms with Crippen molar-refractivity contribution in [3.63, 3.8) is 0 Å². The normalized spacial score (nSPS) is 12.8. The van der Waals surface area contributed by atoms with E-state index in [1.165, 1.54) is 11.8 Å². The quantitative estimate of drug-likeness (QED) is 0.346. The standard InChI is InChI=1S/C20H22N6OS2/c1-11(2)25-19(27)16-12(3)13(4)28-18(16)21-20(25)29-14(5)17-22-23-24-26(17)15-9-7-6-8-10-15/h6-11,14H,1-5H3/t14-/m1/s1. The summed E-state index contributed by atoms with van der Waals surface area (Å²) < 4.78 is 3.51.